The van der Waals surface area contributed by atoms with E-state index in [9.17, 15) is 25.2 Å². The lowest BCUT2D eigenvalue weighted by atomic mass is 10.00. The molecule has 0 aliphatic carbocycles. The van der Waals surface area contributed by atoms with Crippen molar-refractivity contribution >= 4 is 5.91 Å². The average Bonchev–Trinajstić information content (AvgIpc) is 2.90. The van der Waals surface area contributed by atoms with E-state index in [1.54, 1.807) is 0 Å². The van der Waals surface area contributed by atoms with E-state index in [-0.39, 0.29) is 0 Å². The maximum Gasteiger partial charge on any atom is 0.249 e. The van der Waals surface area contributed by atoms with Gasteiger partial charge in [-0.1, -0.05) is 88.8 Å². The molecule has 0 radical (unpaired) electrons. The van der Waals surface area contributed by atoms with Crippen molar-refractivity contribution in [2.24, 2.45) is 0 Å². The summed E-state index contributed by atoms with van der Waals surface area (Å²) in [5, 5.41) is 42.9. The Kier molecular flexibility index (Phi) is 25.1. The van der Waals surface area contributed by atoms with Crippen molar-refractivity contribution in [1.82, 2.24) is 5.32 Å². The summed E-state index contributed by atoms with van der Waals surface area (Å²) in [6.07, 6.45) is 26.1. The van der Waals surface area contributed by atoms with Crippen LogP contribution in [0.15, 0.2) is 36.5 Å². The lowest BCUT2D eigenvalue weighted by molar-refractivity contribution is -0.132. The molecular weight excluding hydrogens is 466 g/mol. The molecule has 37 heavy (non-hydrogen) atoms. The third-order valence-corrected chi connectivity index (χ3v) is 6.56. The monoisotopic (exact) mass is 523 g/mol. The van der Waals surface area contributed by atoms with Crippen LogP contribution in [0.4, 0.5) is 0 Å². The molecule has 6 nitrogen and oxygen atoms in total. The average molecular weight is 524 g/mol. The Morgan fingerprint density at radius 2 is 1.22 bits per heavy atom. The number of hydrogen-bond acceptors (Lipinski definition) is 5. The smallest absolute Gasteiger partial charge is 0.249 e. The normalized spacial score (nSPS) is 15.5. The molecule has 5 N–H and O–H groups in total. The third-order valence-electron chi connectivity index (χ3n) is 6.56. The molecule has 0 rings (SSSR count). The minimum absolute atomic E-state index is 0.328. The second-order valence-corrected chi connectivity index (χ2v) is 10.0. The first-order valence-corrected chi connectivity index (χ1v) is 14.9. The first-order valence-electron chi connectivity index (χ1n) is 14.9. The molecular formula is C31H57NO5. The molecule has 0 aliphatic heterocycles. The number of carbonyl (C=O) groups is 1. The highest BCUT2D eigenvalue weighted by molar-refractivity contribution is 5.80. The molecule has 0 saturated heterocycles. The maximum absolute atomic E-state index is 12.3. The molecule has 0 spiro atoms. The Morgan fingerprint density at radius 3 is 1.84 bits per heavy atom. The predicted molar refractivity (Wildman–Crippen MR) is 154 cm³/mol. The van der Waals surface area contributed by atoms with E-state index in [1.807, 2.05) is 0 Å². The lowest BCUT2D eigenvalue weighted by Crippen LogP contribution is -2.53. The summed E-state index contributed by atoms with van der Waals surface area (Å²) in [6, 6.07) is -1.01. The number of unbranched alkanes of at least 4 members (excludes halogenated alkanes) is 10. The summed E-state index contributed by atoms with van der Waals surface area (Å²) in [6.45, 7) is 3.83. The molecule has 216 valence electrons. The van der Waals surface area contributed by atoms with E-state index >= 15 is 0 Å². The van der Waals surface area contributed by atoms with Crippen molar-refractivity contribution in [3.8, 4) is 0 Å². The van der Waals surface area contributed by atoms with Crippen LogP contribution in [0.2, 0.25) is 0 Å². The minimum Gasteiger partial charge on any atom is -0.394 e. The van der Waals surface area contributed by atoms with Crippen LogP contribution in [-0.2, 0) is 4.79 Å². The van der Waals surface area contributed by atoms with Crippen LogP contribution in [-0.4, -0.2) is 57.3 Å². The molecule has 1 amide bonds. The molecule has 0 heterocycles. The topological polar surface area (TPSA) is 110 Å². The fourth-order valence-electron chi connectivity index (χ4n) is 4.12. The van der Waals surface area contributed by atoms with Gasteiger partial charge in [0.05, 0.1) is 18.8 Å². The van der Waals surface area contributed by atoms with Gasteiger partial charge < -0.3 is 25.7 Å². The second-order valence-electron chi connectivity index (χ2n) is 10.0. The maximum atomic E-state index is 12.3. The lowest BCUT2D eigenvalue weighted by Gasteiger charge is -2.27. The molecule has 0 aromatic rings. The van der Waals surface area contributed by atoms with Gasteiger partial charge in [0.25, 0.3) is 0 Å². The van der Waals surface area contributed by atoms with Gasteiger partial charge in [-0.05, 0) is 70.6 Å². The van der Waals surface area contributed by atoms with Gasteiger partial charge in [-0.25, -0.2) is 0 Å². The number of rotatable bonds is 25. The van der Waals surface area contributed by atoms with E-state index in [4.69, 9.17) is 0 Å². The van der Waals surface area contributed by atoms with Gasteiger partial charge in [0, 0.05) is 0 Å². The zero-order chi connectivity index (χ0) is 27.6. The summed E-state index contributed by atoms with van der Waals surface area (Å²) in [5.74, 6) is -0.621. The first-order chi connectivity index (χ1) is 18.0. The van der Waals surface area contributed by atoms with Crippen LogP contribution in [0.3, 0.4) is 0 Å². The molecule has 0 bridgehead atoms. The van der Waals surface area contributed by atoms with Crippen LogP contribution in [0.25, 0.3) is 0 Å². The first kappa shape index (κ1) is 35.5. The van der Waals surface area contributed by atoms with E-state index in [2.05, 4.69) is 55.6 Å². The summed E-state index contributed by atoms with van der Waals surface area (Å²) in [7, 11) is 0. The number of amides is 1. The van der Waals surface area contributed by atoms with Gasteiger partial charge in [0.15, 0.2) is 0 Å². The predicted octanol–water partition coefficient (Wildman–Crippen LogP) is 5.89. The van der Waals surface area contributed by atoms with Crippen LogP contribution in [0.1, 0.15) is 123 Å². The van der Waals surface area contributed by atoms with Gasteiger partial charge in [-0.15, -0.1) is 0 Å². The zero-order valence-electron chi connectivity index (χ0n) is 23.7. The highest BCUT2D eigenvalue weighted by Gasteiger charge is 2.28. The summed E-state index contributed by atoms with van der Waals surface area (Å²) in [5.41, 5.74) is 0. The second kappa shape index (κ2) is 26.1. The standard InChI is InChI=1S/C31H57NO5/c1-3-5-7-9-11-13-14-15-17-19-21-23-25-29(35)31(37)32-27(26-33)30(36)28(34)24-22-20-18-16-12-10-8-6-4-2/h6,8,15-18,27-30,33-36H,3-5,7,9-14,19-26H2,1-2H3,(H,32,37)/b8-6+,17-15-,18-16+. The number of aliphatic hydroxyl groups excluding tert-OH is 4. The fraction of sp³-hybridized carbons (Fsp3) is 0.774. The van der Waals surface area contributed by atoms with Crippen molar-refractivity contribution in [1.29, 1.82) is 0 Å². The minimum atomic E-state index is -1.29. The molecule has 4 unspecified atom stereocenters. The molecule has 4 atom stereocenters. The molecule has 0 aromatic carbocycles. The van der Waals surface area contributed by atoms with Crippen LogP contribution in [0.5, 0.6) is 0 Å². The number of aliphatic hydroxyl groups is 4. The van der Waals surface area contributed by atoms with Crippen molar-refractivity contribution in [3.63, 3.8) is 0 Å². The molecule has 0 aromatic heterocycles. The Labute approximate surface area is 227 Å². The van der Waals surface area contributed by atoms with Gasteiger partial charge in [-0.3, -0.25) is 4.79 Å². The third kappa shape index (κ3) is 21.2. The van der Waals surface area contributed by atoms with Gasteiger partial charge >= 0.3 is 0 Å². The van der Waals surface area contributed by atoms with Gasteiger partial charge in [-0.2, -0.15) is 0 Å². The Balaban J connectivity index is 4.03. The number of carbonyl (C=O) groups excluding carboxylic acids is 1. The van der Waals surface area contributed by atoms with Crippen LogP contribution in [0, 0.1) is 0 Å². The summed E-state index contributed by atoms with van der Waals surface area (Å²) >= 11 is 0. The van der Waals surface area contributed by atoms with Crippen molar-refractivity contribution in [2.45, 2.75) is 147 Å². The van der Waals surface area contributed by atoms with Crippen molar-refractivity contribution in [3.05, 3.63) is 36.5 Å². The van der Waals surface area contributed by atoms with E-state index in [1.165, 1.54) is 38.5 Å². The Bertz CT molecular complexity index is 604. The fourth-order valence-corrected chi connectivity index (χ4v) is 4.12. The number of hydrogen-bond donors (Lipinski definition) is 5. The molecule has 6 heteroatoms. The van der Waals surface area contributed by atoms with E-state index < -0.39 is 36.9 Å². The van der Waals surface area contributed by atoms with Crippen molar-refractivity contribution in [2.75, 3.05) is 6.61 Å². The highest BCUT2D eigenvalue weighted by Crippen LogP contribution is 2.12. The summed E-state index contributed by atoms with van der Waals surface area (Å²) in [4.78, 5) is 12.3. The number of nitrogens with one attached hydrogen (secondary N) is 1. The summed E-state index contributed by atoms with van der Waals surface area (Å²) < 4.78 is 0. The zero-order valence-corrected chi connectivity index (χ0v) is 23.7. The largest absolute Gasteiger partial charge is 0.394 e. The van der Waals surface area contributed by atoms with Crippen LogP contribution >= 0.6 is 0 Å². The van der Waals surface area contributed by atoms with E-state index in [0.29, 0.717) is 25.7 Å². The number of allylic oxidation sites excluding steroid dienone is 6. The quantitative estimate of drug-likeness (QED) is 0.0757. The Hall–Kier alpha value is -1.47. The SMILES string of the molecule is CC/C=C/CC/C=C/CCCC(O)C(O)C(CO)NC(=O)C(O)CCCC/C=C\CCCCCCCC. The highest BCUT2D eigenvalue weighted by atomic mass is 16.3. The van der Waals surface area contributed by atoms with Gasteiger partial charge in [0.1, 0.15) is 12.2 Å². The molecule has 0 aliphatic rings. The van der Waals surface area contributed by atoms with Crippen LogP contribution < -0.4 is 5.32 Å². The molecule has 0 saturated carbocycles. The van der Waals surface area contributed by atoms with E-state index in [0.717, 1.165) is 44.9 Å². The van der Waals surface area contributed by atoms with Gasteiger partial charge in [0.2, 0.25) is 5.91 Å². The Morgan fingerprint density at radius 1 is 0.676 bits per heavy atom. The molecule has 0 fully saturated rings. The van der Waals surface area contributed by atoms with Crippen molar-refractivity contribution < 1.29 is 25.2 Å².